The van der Waals surface area contributed by atoms with E-state index in [1.165, 1.54) is 24.8 Å². The number of hydrogen-bond acceptors (Lipinski definition) is 4. The Morgan fingerprint density at radius 3 is 2.58 bits per heavy atom. The molecule has 108 valence electrons. The zero-order valence-corrected chi connectivity index (χ0v) is 12.7. The monoisotopic (exact) mass is 265 g/mol. The summed E-state index contributed by atoms with van der Waals surface area (Å²) < 4.78 is 5.62. The van der Waals surface area contributed by atoms with Crippen molar-refractivity contribution in [2.45, 2.75) is 37.9 Å². The fourth-order valence-electron chi connectivity index (χ4n) is 2.96. The fraction of sp³-hybridized carbons (Fsp3) is 0.733. The fourth-order valence-corrected chi connectivity index (χ4v) is 2.96. The van der Waals surface area contributed by atoms with E-state index < -0.39 is 0 Å². The molecule has 2 rings (SSSR count). The normalized spacial score (nSPS) is 18.0. The van der Waals surface area contributed by atoms with Gasteiger partial charge in [0.05, 0.1) is 12.8 Å². The Hall–Kier alpha value is -0.840. The summed E-state index contributed by atoms with van der Waals surface area (Å²) in [6, 6.07) is 2.15. The van der Waals surface area contributed by atoms with Gasteiger partial charge in [-0.3, -0.25) is 4.90 Å². The number of furan rings is 1. The second-order valence-corrected chi connectivity index (χ2v) is 6.10. The molecule has 1 aliphatic carbocycles. The number of nitrogens with one attached hydrogen (secondary N) is 1. The first-order valence-corrected chi connectivity index (χ1v) is 7.12. The molecule has 0 unspecified atom stereocenters. The van der Waals surface area contributed by atoms with E-state index in [0.717, 1.165) is 25.4 Å². The van der Waals surface area contributed by atoms with Crippen molar-refractivity contribution in [3.8, 4) is 0 Å². The molecular formula is C15H27N3O. The van der Waals surface area contributed by atoms with Crippen molar-refractivity contribution < 1.29 is 4.42 Å². The van der Waals surface area contributed by atoms with E-state index in [2.05, 4.69) is 42.3 Å². The Labute approximate surface area is 116 Å². The minimum Gasteiger partial charge on any atom is -0.468 e. The average Bonchev–Trinajstić information content (AvgIpc) is 2.71. The van der Waals surface area contributed by atoms with Gasteiger partial charge in [0.15, 0.2) is 0 Å². The third kappa shape index (κ3) is 3.38. The van der Waals surface area contributed by atoms with Gasteiger partial charge in [-0.2, -0.15) is 0 Å². The first-order valence-electron chi connectivity index (χ1n) is 7.12. The van der Waals surface area contributed by atoms with Crippen LogP contribution in [0.2, 0.25) is 0 Å². The summed E-state index contributed by atoms with van der Waals surface area (Å²) in [6.07, 6.45) is 5.84. The van der Waals surface area contributed by atoms with Crippen molar-refractivity contribution in [1.82, 2.24) is 15.1 Å². The standard InChI is InChI=1S/C15H27N3O/c1-16-9-13-8-14(19-11-13)10-18(4)12-15(17(2)3)6-5-7-15/h8,11,16H,5-7,9-10,12H2,1-4H3. The van der Waals surface area contributed by atoms with E-state index >= 15 is 0 Å². The third-order valence-electron chi connectivity index (χ3n) is 4.31. The van der Waals surface area contributed by atoms with Crippen LogP contribution in [0.5, 0.6) is 0 Å². The Kier molecular flexibility index (Phi) is 4.66. The highest BCUT2D eigenvalue weighted by atomic mass is 16.3. The van der Waals surface area contributed by atoms with Gasteiger partial charge in [-0.05, 0) is 53.5 Å². The van der Waals surface area contributed by atoms with Gasteiger partial charge in [0.1, 0.15) is 5.76 Å². The second-order valence-electron chi connectivity index (χ2n) is 6.10. The van der Waals surface area contributed by atoms with Crippen molar-refractivity contribution in [2.24, 2.45) is 0 Å². The van der Waals surface area contributed by atoms with Gasteiger partial charge >= 0.3 is 0 Å². The molecule has 0 radical (unpaired) electrons. The van der Waals surface area contributed by atoms with E-state index in [1.54, 1.807) is 0 Å². The molecule has 1 saturated carbocycles. The van der Waals surface area contributed by atoms with E-state index in [1.807, 2.05) is 13.3 Å². The van der Waals surface area contributed by atoms with Crippen LogP contribution in [-0.2, 0) is 13.1 Å². The van der Waals surface area contributed by atoms with Crippen LogP contribution in [0.15, 0.2) is 16.7 Å². The molecule has 1 N–H and O–H groups in total. The van der Waals surface area contributed by atoms with Crippen molar-refractivity contribution in [2.75, 3.05) is 34.7 Å². The van der Waals surface area contributed by atoms with Crippen molar-refractivity contribution >= 4 is 0 Å². The van der Waals surface area contributed by atoms with Crippen molar-refractivity contribution in [1.29, 1.82) is 0 Å². The minimum absolute atomic E-state index is 0.384. The Balaban J connectivity index is 1.87. The molecule has 4 nitrogen and oxygen atoms in total. The lowest BCUT2D eigenvalue weighted by molar-refractivity contribution is 0.0244. The molecule has 1 aromatic heterocycles. The zero-order valence-electron chi connectivity index (χ0n) is 12.7. The van der Waals surface area contributed by atoms with Crippen LogP contribution in [0.25, 0.3) is 0 Å². The third-order valence-corrected chi connectivity index (χ3v) is 4.31. The van der Waals surface area contributed by atoms with E-state index in [4.69, 9.17) is 4.42 Å². The van der Waals surface area contributed by atoms with Gasteiger partial charge in [-0.15, -0.1) is 0 Å². The molecule has 0 spiro atoms. The predicted octanol–water partition coefficient (Wildman–Crippen LogP) is 1.92. The number of hydrogen-bond donors (Lipinski definition) is 1. The quantitative estimate of drug-likeness (QED) is 0.816. The van der Waals surface area contributed by atoms with Crippen molar-refractivity contribution in [3.05, 3.63) is 23.7 Å². The second kappa shape index (κ2) is 6.07. The molecule has 1 aromatic rings. The van der Waals surface area contributed by atoms with Crippen LogP contribution in [0.1, 0.15) is 30.6 Å². The van der Waals surface area contributed by atoms with Gasteiger partial charge < -0.3 is 14.6 Å². The largest absolute Gasteiger partial charge is 0.468 e. The summed E-state index contributed by atoms with van der Waals surface area (Å²) >= 11 is 0. The average molecular weight is 265 g/mol. The molecule has 1 fully saturated rings. The van der Waals surface area contributed by atoms with Crippen LogP contribution in [0.4, 0.5) is 0 Å². The summed E-state index contributed by atoms with van der Waals surface area (Å²) in [4.78, 5) is 4.77. The summed E-state index contributed by atoms with van der Waals surface area (Å²) in [7, 11) is 8.54. The molecule has 0 atom stereocenters. The lowest BCUT2D eigenvalue weighted by Crippen LogP contribution is -2.56. The summed E-state index contributed by atoms with van der Waals surface area (Å²) in [6.45, 7) is 2.87. The lowest BCUT2D eigenvalue weighted by atomic mass is 9.75. The highest BCUT2D eigenvalue weighted by molar-refractivity contribution is 5.12. The molecule has 0 saturated heterocycles. The molecule has 4 heteroatoms. The lowest BCUT2D eigenvalue weighted by Gasteiger charge is -2.49. The molecule has 0 aromatic carbocycles. The van der Waals surface area contributed by atoms with Crippen LogP contribution in [-0.4, -0.2) is 50.1 Å². The molecule has 1 heterocycles. The van der Waals surface area contributed by atoms with Gasteiger partial charge in [-0.1, -0.05) is 0 Å². The summed E-state index contributed by atoms with van der Waals surface area (Å²) in [5.74, 6) is 1.06. The SMILES string of the molecule is CNCc1coc(CN(C)CC2(N(C)C)CCC2)c1. The molecule has 19 heavy (non-hydrogen) atoms. The molecule has 0 bridgehead atoms. The Morgan fingerprint density at radius 2 is 2.05 bits per heavy atom. The smallest absolute Gasteiger partial charge is 0.118 e. The maximum absolute atomic E-state index is 5.62. The van der Waals surface area contributed by atoms with Gasteiger partial charge in [0.25, 0.3) is 0 Å². The zero-order chi connectivity index (χ0) is 13.9. The number of likely N-dealkylation sites (N-methyl/N-ethyl adjacent to an activating group) is 2. The topological polar surface area (TPSA) is 31.7 Å². The Bertz CT molecular complexity index is 396. The highest BCUT2D eigenvalue weighted by Gasteiger charge is 2.39. The molecule has 0 amide bonds. The molecule has 1 aliphatic rings. The first-order chi connectivity index (χ1) is 9.05. The van der Waals surface area contributed by atoms with Gasteiger partial charge in [0, 0.05) is 24.2 Å². The van der Waals surface area contributed by atoms with Crippen LogP contribution < -0.4 is 5.32 Å². The number of rotatable bonds is 7. The minimum atomic E-state index is 0.384. The van der Waals surface area contributed by atoms with E-state index in [9.17, 15) is 0 Å². The van der Waals surface area contributed by atoms with Gasteiger partial charge in [-0.25, -0.2) is 0 Å². The molecule has 0 aliphatic heterocycles. The number of nitrogens with zero attached hydrogens (tertiary/aromatic N) is 2. The van der Waals surface area contributed by atoms with Gasteiger partial charge in [0.2, 0.25) is 0 Å². The summed E-state index contributed by atoms with van der Waals surface area (Å²) in [5.41, 5.74) is 1.60. The Morgan fingerprint density at radius 1 is 1.32 bits per heavy atom. The predicted molar refractivity (Wildman–Crippen MR) is 78.1 cm³/mol. The summed E-state index contributed by atoms with van der Waals surface area (Å²) in [5, 5.41) is 3.14. The van der Waals surface area contributed by atoms with Crippen LogP contribution in [0.3, 0.4) is 0 Å². The first kappa shape index (κ1) is 14.6. The maximum Gasteiger partial charge on any atom is 0.118 e. The van der Waals surface area contributed by atoms with E-state index in [0.29, 0.717) is 5.54 Å². The highest BCUT2D eigenvalue weighted by Crippen LogP contribution is 2.36. The van der Waals surface area contributed by atoms with E-state index in [-0.39, 0.29) is 0 Å². The van der Waals surface area contributed by atoms with Crippen LogP contribution in [0, 0.1) is 0 Å². The molecular weight excluding hydrogens is 238 g/mol. The van der Waals surface area contributed by atoms with Crippen molar-refractivity contribution in [3.63, 3.8) is 0 Å². The van der Waals surface area contributed by atoms with Crippen LogP contribution >= 0.6 is 0 Å². The maximum atomic E-state index is 5.62.